The monoisotopic (exact) mass is 316 g/mol. The molecule has 0 spiro atoms. The van der Waals surface area contributed by atoms with Crippen LogP contribution in [0.4, 0.5) is 0 Å². The first-order chi connectivity index (χ1) is 10.7. The van der Waals surface area contributed by atoms with E-state index < -0.39 is 8.80 Å². The average molecular weight is 316 g/mol. The predicted molar refractivity (Wildman–Crippen MR) is 93.6 cm³/mol. The summed E-state index contributed by atoms with van der Waals surface area (Å²) in [5, 5.41) is 2.44. The van der Waals surface area contributed by atoms with Crippen molar-refractivity contribution >= 4 is 25.7 Å². The van der Waals surface area contributed by atoms with Gasteiger partial charge >= 0.3 is 8.80 Å². The molecule has 0 aliphatic heterocycles. The topological polar surface area (TPSA) is 27.7 Å². The zero-order chi connectivity index (χ0) is 15.8. The van der Waals surface area contributed by atoms with Crippen LogP contribution in [-0.4, -0.2) is 28.6 Å². The fourth-order valence-corrected chi connectivity index (χ4v) is 4.59. The maximum atomic E-state index is 5.85. The maximum absolute atomic E-state index is 5.85. The van der Waals surface area contributed by atoms with Crippen molar-refractivity contribution in [3.63, 3.8) is 0 Å². The van der Waals surface area contributed by atoms with Crippen molar-refractivity contribution in [1.29, 1.82) is 0 Å². The molecule has 2 aromatic rings. The first kappa shape index (κ1) is 16.9. The van der Waals surface area contributed by atoms with E-state index in [-0.39, 0.29) is 0 Å². The molecule has 0 unspecified atom stereocenters. The smallest absolute Gasteiger partial charge is 0.371 e. The Morgan fingerprint density at radius 3 is 2.05 bits per heavy atom. The third-order valence-electron chi connectivity index (χ3n) is 3.33. The van der Waals surface area contributed by atoms with Crippen molar-refractivity contribution in [3.8, 4) is 0 Å². The molecule has 2 aromatic carbocycles. The zero-order valence-electron chi connectivity index (χ0n) is 13.5. The Labute approximate surface area is 133 Å². The molecule has 22 heavy (non-hydrogen) atoms. The van der Waals surface area contributed by atoms with Crippen LogP contribution >= 0.6 is 0 Å². The van der Waals surface area contributed by atoms with Crippen LogP contribution < -0.4 is 0 Å². The highest BCUT2D eigenvalue weighted by Gasteiger charge is 2.37. The molecule has 0 atom stereocenters. The number of hydrogen-bond donors (Lipinski definition) is 0. The van der Waals surface area contributed by atoms with Crippen LogP contribution in [0.2, 0.25) is 0 Å². The molecule has 3 nitrogen and oxygen atoms in total. The summed E-state index contributed by atoms with van der Waals surface area (Å²) in [6, 6.07) is 14.6. The van der Waals surface area contributed by atoms with Crippen molar-refractivity contribution < 1.29 is 13.3 Å². The summed E-state index contributed by atoms with van der Waals surface area (Å²) in [5.41, 5.74) is 3.14. The van der Waals surface area contributed by atoms with E-state index in [1.807, 2.05) is 26.5 Å². The van der Waals surface area contributed by atoms with Gasteiger partial charge in [-0.3, -0.25) is 0 Å². The predicted octanol–water partition coefficient (Wildman–Crippen LogP) is 4.44. The lowest BCUT2D eigenvalue weighted by Gasteiger charge is -2.25. The van der Waals surface area contributed by atoms with Gasteiger partial charge in [-0.25, -0.2) is 0 Å². The first-order valence-electron chi connectivity index (χ1n) is 7.83. The van der Waals surface area contributed by atoms with Gasteiger partial charge in [0.05, 0.1) is 0 Å². The van der Waals surface area contributed by atoms with E-state index in [1.165, 1.54) is 10.8 Å². The Kier molecular flexibility index (Phi) is 6.33. The lowest BCUT2D eigenvalue weighted by atomic mass is 10.1. The Hall–Kier alpha value is -1.46. The van der Waals surface area contributed by atoms with E-state index in [9.17, 15) is 0 Å². The highest BCUT2D eigenvalue weighted by Crippen LogP contribution is 2.21. The summed E-state index contributed by atoms with van der Waals surface area (Å²) in [6.07, 6.45) is 2.07. The molecule has 0 saturated heterocycles. The molecule has 0 saturated carbocycles. The largest absolute Gasteiger partial charge is 0.529 e. The molecule has 118 valence electrons. The fraction of sp³-hybridized carbons (Fsp3) is 0.333. The van der Waals surface area contributed by atoms with Crippen molar-refractivity contribution in [2.24, 2.45) is 0 Å². The highest BCUT2D eigenvalue weighted by atomic mass is 28.4. The van der Waals surface area contributed by atoms with Crippen LogP contribution in [0.3, 0.4) is 0 Å². The van der Waals surface area contributed by atoms with Gasteiger partial charge in [0.2, 0.25) is 0 Å². The van der Waals surface area contributed by atoms with E-state index in [0.717, 1.165) is 5.56 Å². The molecule has 0 aliphatic carbocycles. The molecule has 4 heteroatoms. The summed E-state index contributed by atoms with van der Waals surface area (Å²) in [7, 11) is -2.75. The van der Waals surface area contributed by atoms with Gasteiger partial charge in [0, 0.05) is 19.8 Å². The van der Waals surface area contributed by atoms with Crippen LogP contribution in [0.1, 0.15) is 26.3 Å². The molecule has 2 rings (SSSR count). The number of rotatable bonds is 8. The second-order valence-electron chi connectivity index (χ2n) is 4.80. The van der Waals surface area contributed by atoms with E-state index in [2.05, 4.69) is 48.5 Å². The van der Waals surface area contributed by atoms with Crippen LogP contribution in [0, 0.1) is 0 Å². The van der Waals surface area contributed by atoms with Crippen molar-refractivity contribution in [1.82, 2.24) is 0 Å². The Balaban J connectivity index is 2.36. The summed E-state index contributed by atoms with van der Waals surface area (Å²) in [6.45, 7) is 7.62. The van der Waals surface area contributed by atoms with Crippen molar-refractivity contribution in [2.75, 3.05) is 19.8 Å². The van der Waals surface area contributed by atoms with Gasteiger partial charge < -0.3 is 13.3 Å². The highest BCUT2D eigenvalue weighted by molar-refractivity contribution is 6.67. The Morgan fingerprint density at radius 2 is 1.41 bits per heavy atom. The zero-order valence-corrected chi connectivity index (χ0v) is 14.5. The SMILES string of the molecule is CCO[Si](C=Cc1cccc2ccccc12)(OCC)OCC. The van der Waals surface area contributed by atoms with Gasteiger partial charge in [-0.15, -0.1) is 0 Å². The third kappa shape index (κ3) is 4.05. The van der Waals surface area contributed by atoms with Gasteiger partial charge in [0.15, 0.2) is 0 Å². The van der Waals surface area contributed by atoms with Crippen molar-refractivity contribution in [3.05, 3.63) is 53.7 Å². The molecule has 0 N–H and O–H groups in total. The fourth-order valence-electron chi connectivity index (χ4n) is 2.46. The second kappa shape index (κ2) is 8.24. The molecule has 0 aliphatic rings. The lowest BCUT2D eigenvalue weighted by Crippen LogP contribution is -2.44. The quantitative estimate of drug-likeness (QED) is 0.674. The summed E-state index contributed by atoms with van der Waals surface area (Å²) in [5.74, 6) is 0. The molecular formula is C18H24O3Si. The summed E-state index contributed by atoms with van der Waals surface area (Å²) < 4.78 is 17.6. The molecule has 0 fully saturated rings. The minimum atomic E-state index is -2.75. The van der Waals surface area contributed by atoms with E-state index in [1.54, 1.807) is 0 Å². The minimum absolute atomic E-state index is 0.575. The number of fused-ring (bicyclic) bond motifs is 1. The van der Waals surface area contributed by atoms with Crippen LogP contribution in [0.5, 0.6) is 0 Å². The molecule has 0 radical (unpaired) electrons. The number of hydrogen-bond acceptors (Lipinski definition) is 3. The lowest BCUT2D eigenvalue weighted by molar-refractivity contribution is 0.0845. The standard InChI is InChI=1S/C18H24O3Si/c1-4-19-22(20-5-2,21-6-3)15-14-17-12-9-11-16-10-7-8-13-18(16)17/h7-15H,4-6H2,1-3H3. The summed E-state index contributed by atoms with van der Waals surface area (Å²) in [4.78, 5) is 0. The maximum Gasteiger partial charge on any atom is 0.529 e. The minimum Gasteiger partial charge on any atom is -0.371 e. The van der Waals surface area contributed by atoms with E-state index in [0.29, 0.717) is 19.8 Å². The van der Waals surface area contributed by atoms with Crippen LogP contribution in [0.15, 0.2) is 48.2 Å². The Bertz CT molecular complexity index is 602. The number of benzene rings is 2. The molecule has 0 amide bonds. The second-order valence-corrected chi connectivity index (χ2v) is 7.21. The summed E-state index contributed by atoms with van der Waals surface area (Å²) >= 11 is 0. The van der Waals surface area contributed by atoms with Gasteiger partial charge in [-0.2, -0.15) is 0 Å². The van der Waals surface area contributed by atoms with E-state index >= 15 is 0 Å². The van der Waals surface area contributed by atoms with Gasteiger partial charge in [-0.05, 0) is 42.8 Å². The van der Waals surface area contributed by atoms with Crippen LogP contribution in [-0.2, 0) is 13.3 Å². The normalized spacial score (nSPS) is 12.3. The Morgan fingerprint density at radius 1 is 0.818 bits per heavy atom. The van der Waals surface area contributed by atoms with Gasteiger partial charge in [0.1, 0.15) is 0 Å². The van der Waals surface area contributed by atoms with Crippen molar-refractivity contribution in [2.45, 2.75) is 20.8 Å². The average Bonchev–Trinajstić information content (AvgIpc) is 2.54. The van der Waals surface area contributed by atoms with Gasteiger partial charge in [-0.1, -0.05) is 48.5 Å². The molecule has 0 bridgehead atoms. The first-order valence-corrected chi connectivity index (χ1v) is 9.63. The van der Waals surface area contributed by atoms with E-state index in [4.69, 9.17) is 13.3 Å². The van der Waals surface area contributed by atoms with Gasteiger partial charge in [0.25, 0.3) is 0 Å². The molecular weight excluding hydrogens is 292 g/mol. The molecule has 0 aromatic heterocycles. The van der Waals surface area contributed by atoms with Crippen LogP contribution in [0.25, 0.3) is 16.8 Å². The third-order valence-corrected chi connectivity index (χ3v) is 5.97. The molecule has 0 heterocycles.